The first-order valence-corrected chi connectivity index (χ1v) is 7.70. The largest absolute Gasteiger partial charge is 0.481 e. The number of hydrogen-bond donors (Lipinski definition) is 1. The lowest BCUT2D eigenvalue weighted by Gasteiger charge is -2.35. The fourth-order valence-corrected chi connectivity index (χ4v) is 2.82. The van der Waals surface area contributed by atoms with E-state index in [-0.39, 0.29) is 17.7 Å². The zero-order valence-corrected chi connectivity index (χ0v) is 12.9. The van der Waals surface area contributed by atoms with Crippen molar-refractivity contribution < 1.29 is 19.4 Å². The Morgan fingerprint density at radius 2 is 2.05 bits per heavy atom. The van der Waals surface area contributed by atoms with Crippen LogP contribution in [-0.4, -0.2) is 41.6 Å². The minimum absolute atomic E-state index is 0.000405. The van der Waals surface area contributed by atoms with Crippen LogP contribution in [0.5, 0.6) is 0 Å². The average Bonchev–Trinajstić information content (AvgIpc) is 2.52. The van der Waals surface area contributed by atoms with E-state index in [1.165, 1.54) is 0 Å². The molecule has 22 heavy (non-hydrogen) atoms. The maximum atomic E-state index is 12.1. The predicted octanol–water partition coefficient (Wildman–Crippen LogP) is 2.16. The molecular weight excluding hydrogens is 282 g/mol. The molecule has 2 unspecified atom stereocenters. The number of likely N-dealkylation sites (tertiary alicyclic amines) is 1. The maximum Gasteiger partial charge on any atom is 0.306 e. The number of hydrogen-bond acceptors (Lipinski definition) is 3. The van der Waals surface area contributed by atoms with Gasteiger partial charge in [-0.1, -0.05) is 37.3 Å². The van der Waals surface area contributed by atoms with Gasteiger partial charge < -0.3 is 14.7 Å². The van der Waals surface area contributed by atoms with Crippen molar-refractivity contribution in [2.45, 2.75) is 26.4 Å². The van der Waals surface area contributed by atoms with Crippen LogP contribution in [0.2, 0.25) is 0 Å². The molecule has 0 spiro atoms. The highest BCUT2D eigenvalue weighted by atomic mass is 16.5. The molecular formula is C17H23NO4. The molecule has 1 aromatic carbocycles. The average molecular weight is 305 g/mol. The van der Waals surface area contributed by atoms with Crippen LogP contribution in [0, 0.1) is 11.8 Å². The third-order valence-electron chi connectivity index (χ3n) is 4.15. The lowest BCUT2D eigenvalue weighted by molar-refractivity contribution is -0.148. The second kappa shape index (κ2) is 7.94. The van der Waals surface area contributed by atoms with Crippen LogP contribution >= 0.6 is 0 Å². The van der Waals surface area contributed by atoms with E-state index in [1.807, 2.05) is 37.3 Å². The van der Waals surface area contributed by atoms with Gasteiger partial charge in [-0.05, 0) is 17.9 Å². The second-order valence-electron chi connectivity index (χ2n) is 5.84. The first kappa shape index (κ1) is 16.5. The molecule has 1 heterocycles. The summed E-state index contributed by atoms with van der Waals surface area (Å²) in [6.07, 6.45) is 0.879. The van der Waals surface area contributed by atoms with Crippen LogP contribution in [0.25, 0.3) is 0 Å². The van der Waals surface area contributed by atoms with Gasteiger partial charge in [-0.15, -0.1) is 0 Å². The van der Waals surface area contributed by atoms with E-state index in [2.05, 4.69) is 0 Å². The molecule has 0 aromatic heterocycles. The summed E-state index contributed by atoms with van der Waals surface area (Å²) in [5.74, 6) is -1.05. The summed E-state index contributed by atoms with van der Waals surface area (Å²) in [5, 5.41) is 9.09. The summed E-state index contributed by atoms with van der Waals surface area (Å²) < 4.78 is 5.53. The first-order valence-electron chi connectivity index (χ1n) is 7.70. The molecule has 0 bridgehead atoms. The minimum atomic E-state index is -0.759. The Balaban J connectivity index is 1.69. The number of ether oxygens (including phenoxy) is 1. The molecule has 1 N–H and O–H groups in total. The van der Waals surface area contributed by atoms with E-state index in [9.17, 15) is 9.59 Å². The number of amides is 1. The van der Waals surface area contributed by atoms with Gasteiger partial charge in [0, 0.05) is 13.1 Å². The molecule has 1 aliphatic rings. The van der Waals surface area contributed by atoms with Crippen LogP contribution in [0.1, 0.15) is 25.3 Å². The van der Waals surface area contributed by atoms with Crippen molar-refractivity contribution >= 4 is 11.9 Å². The molecule has 2 rings (SSSR count). The summed E-state index contributed by atoms with van der Waals surface area (Å²) in [6.45, 7) is 3.84. The van der Waals surface area contributed by atoms with Crippen molar-refractivity contribution in [3.05, 3.63) is 35.9 Å². The molecule has 2 atom stereocenters. The van der Waals surface area contributed by atoms with Crippen molar-refractivity contribution in [1.29, 1.82) is 0 Å². The molecule has 1 fully saturated rings. The highest BCUT2D eigenvalue weighted by Crippen LogP contribution is 2.23. The number of carboxylic acids is 1. The number of nitrogens with zero attached hydrogens (tertiary/aromatic N) is 1. The minimum Gasteiger partial charge on any atom is -0.481 e. The van der Waals surface area contributed by atoms with Gasteiger partial charge in [0.1, 0.15) is 0 Å². The summed E-state index contributed by atoms with van der Waals surface area (Å²) in [7, 11) is 0. The molecule has 0 saturated carbocycles. The summed E-state index contributed by atoms with van der Waals surface area (Å²) >= 11 is 0. The molecule has 1 saturated heterocycles. The smallest absolute Gasteiger partial charge is 0.306 e. The van der Waals surface area contributed by atoms with Crippen LogP contribution in [0.4, 0.5) is 0 Å². The summed E-state index contributed by atoms with van der Waals surface area (Å²) in [6, 6.07) is 9.84. The number of aliphatic carboxylic acids is 1. The summed E-state index contributed by atoms with van der Waals surface area (Å²) in [4.78, 5) is 25.0. The van der Waals surface area contributed by atoms with Crippen molar-refractivity contribution in [3.63, 3.8) is 0 Å². The molecule has 1 amide bonds. The molecule has 1 aromatic rings. The van der Waals surface area contributed by atoms with Crippen molar-refractivity contribution in [3.8, 4) is 0 Å². The van der Waals surface area contributed by atoms with Crippen LogP contribution in [-0.2, 0) is 20.9 Å². The Labute approximate surface area is 130 Å². The monoisotopic (exact) mass is 305 g/mol. The van der Waals surface area contributed by atoms with E-state index >= 15 is 0 Å². The highest BCUT2D eigenvalue weighted by molar-refractivity contribution is 5.77. The number of carbonyl (C=O) groups excluding carboxylic acids is 1. The van der Waals surface area contributed by atoms with Gasteiger partial charge >= 0.3 is 5.97 Å². The number of benzene rings is 1. The third kappa shape index (κ3) is 4.56. The van der Waals surface area contributed by atoms with Crippen LogP contribution in [0.3, 0.4) is 0 Å². The van der Waals surface area contributed by atoms with E-state index in [4.69, 9.17) is 9.84 Å². The Morgan fingerprint density at radius 3 is 2.68 bits per heavy atom. The van der Waals surface area contributed by atoms with Gasteiger partial charge in [0.2, 0.25) is 5.91 Å². The molecule has 0 radical (unpaired) electrons. The second-order valence-corrected chi connectivity index (χ2v) is 5.84. The normalized spacial score (nSPS) is 21.6. The number of carbonyl (C=O) groups is 2. The Hall–Kier alpha value is -1.88. The lowest BCUT2D eigenvalue weighted by atomic mass is 9.87. The van der Waals surface area contributed by atoms with Crippen molar-refractivity contribution in [1.82, 2.24) is 4.90 Å². The van der Waals surface area contributed by atoms with Crippen molar-refractivity contribution in [2.24, 2.45) is 11.8 Å². The zero-order valence-electron chi connectivity index (χ0n) is 12.9. The Kier molecular flexibility index (Phi) is 5.95. The van der Waals surface area contributed by atoms with E-state index in [0.717, 1.165) is 5.56 Å². The Bertz CT molecular complexity index is 503. The van der Waals surface area contributed by atoms with Gasteiger partial charge in [-0.3, -0.25) is 9.59 Å². The van der Waals surface area contributed by atoms with Gasteiger partial charge in [0.25, 0.3) is 0 Å². The van der Waals surface area contributed by atoms with Gasteiger partial charge in [-0.25, -0.2) is 0 Å². The van der Waals surface area contributed by atoms with Gasteiger partial charge in [-0.2, -0.15) is 0 Å². The van der Waals surface area contributed by atoms with Crippen LogP contribution < -0.4 is 0 Å². The van der Waals surface area contributed by atoms with E-state index in [0.29, 0.717) is 39.1 Å². The standard InChI is InChI=1S/C17H23NO4/c1-13-11-18(9-7-15(13)17(20)21)16(19)8-10-22-12-14-5-3-2-4-6-14/h2-6,13,15H,7-12H2,1H3,(H,20,21). The fraction of sp³-hybridized carbons (Fsp3) is 0.529. The Morgan fingerprint density at radius 1 is 1.32 bits per heavy atom. The topological polar surface area (TPSA) is 66.8 Å². The number of piperidine rings is 1. The summed E-state index contributed by atoms with van der Waals surface area (Å²) in [5.41, 5.74) is 1.09. The molecule has 0 aliphatic carbocycles. The van der Waals surface area contributed by atoms with Crippen molar-refractivity contribution in [2.75, 3.05) is 19.7 Å². The quantitative estimate of drug-likeness (QED) is 0.818. The molecule has 1 aliphatic heterocycles. The first-order chi connectivity index (χ1) is 10.6. The molecule has 120 valence electrons. The molecule has 5 heteroatoms. The van der Waals surface area contributed by atoms with Gasteiger partial charge in [0.15, 0.2) is 0 Å². The SMILES string of the molecule is CC1CN(C(=O)CCOCc2ccccc2)CCC1C(=O)O. The van der Waals surface area contributed by atoms with Crippen LogP contribution in [0.15, 0.2) is 30.3 Å². The van der Waals surface area contributed by atoms with Gasteiger partial charge in [0.05, 0.1) is 25.6 Å². The maximum absolute atomic E-state index is 12.1. The third-order valence-corrected chi connectivity index (χ3v) is 4.15. The predicted molar refractivity (Wildman–Crippen MR) is 82.2 cm³/mol. The number of rotatable bonds is 6. The molecule has 5 nitrogen and oxygen atoms in total. The highest BCUT2D eigenvalue weighted by Gasteiger charge is 2.32. The zero-order chi connectivity index (χ0) is 15.9. The fourth-order valence-electron chi connectivity index (χ4n) is 2.82. The van der Waals surface area contributed by atoms with E-state index < -0.39 is 5.97 Å². The number of carboxylic acid groups (broad SMARTS) is 1. The van der Waals surface area contributed by atoms with E-state index in [1.54, 1.807) is 4.90 Å². The lowest BCUT2D eigenvalue weighted by Crippen LogP contribution is -2.45.